The first kappa shape index (κ1) is 21.4. The standard InChI is InChI=1S/C20H17BrFN3O5S/c1-20(2)9-18(25-30-20)31(27,28)10-16-13-7-15(14(22)8-17(13)29-24-16)23-19(26)11-3-5-12(21)6-4-11/h3-8H,9-10H2,1-2H3,(H,23,26). The minimum absolute atomic E-state index is 0.0641. The summed E-state index contributed by atoms with van der Waals surface area (Å²) in [5.74, 6) is -1.75. The Labute approximate surface area is 185 Å². The molecule has 0 saturated heterocycles. The Kier molecular flexibility index (Phi) is 5.34. The van der Waals surface area contributed by atoms with Gasteiger partial charge in [0.2, 0.25) is 9.84 Å². The van der Waals surface area contributed by atoms with Gasteiger partial charge in [-0.15, -0.1) is 0 Å². The van der Waals surface area contributed by atoms with Crippen LogP contribution in [0.25, 0.3) is 11.0 Å². The average molecular weight is 510 g/mol. The molecule has 0 radical (unpaired) electrons. The lowest BCUT2D eigenvalue weighted by atomic mass is 10.1. The summed E-state index contributed by atoms with van der Waals surface area (Å²) in [6.45, 7) is 3.46. The van der Waals surface area contributed by atoms with Gasteiger partial charge in [-0.25, -0.2) is 12.8 Å². The van der Waals surface area contributed by atoms with Crippen molar-refractivity contribution in [1.29, 1.82) is 0 Å². The molecule has 8 nitrogen and oxygen atoms in total. The van der Waals surface area contributed by atoms with E-state index in [-0.39, 0.29) is 33.8 Å². The molecule has 0 spiro atoms. The summed E-state index contributed by atoms with van der Waals surface area (Å²) in [6.07, 6.45) is 0.133. The van der Waals surface area contributed by atoms with E-state index in [9.17, 15) is 17.6 Å². The molecule has 0 atom stereocenters. The van der Waals surface area contributed by atoms with Crippen molar-refractivity contribution >= 4 is 53.4 Å². The molecule has 0 unspecified atom stereocenters. The first-order valence-electron chi connectivity index (χ1n) is 9.17. The van der Waals surface area contributed by atoms with Crippen molar-refractivity contribution in [2.45, 2.75) is 31.6 Å². The second kappa shape index (κ2) is 7.72. The summed E-state index contributed by atoms with van der Waals surface area (Å²) in [7, 11) is -3.82. The monoisotopic (exact) mass is 509 g/mol. The number of fused-ring (bicyclic) bond motifs is 1. The highest BCUT2D eigenvalue weighted by atomic mass is 79.9. The number of nitrogens with zero attached hydrogens (tertiary/aromatic N) is 2. The number of oxime groups is 1. The number of halogens is 2. The summed E-state index contributed by atoms with van der Waals surface area (Å²) >= 11 is 3.28. The molecule has 0 aliphatic carbocycles. The molecule has 1 amide bonds. The Morgan fingerprint density at radius 2 is 1.97 bits per heavy atom. The molecule has 2 aromatic carbocycles. The highest BCUT2D eigenvalue weighted by molar-refractivity contribution is 9.10. The van der Waals surface area contributed by atoms with Gasteiger partial charge in [0.15, 0.2) is 16.4 Å². The van der Waals surface area contributed by atoms with Crippen molar-refractivity contribution in [3.05, 3.63) is 57.9 Å². The number of aromatic nitrogens is 1. The maximum absolute atomic E-state index is 14.5. The number of anilines is 1. The number of amides is 1. The number of sulfone groups is 1. The van der Waals surface area contributed by atoms with Crippen LogP contribution in [0.3, 0.4) is 0 Å². The zero-order chi connectivity index (χ0) is 22.4. The highest BCUT2D eigenvalue weighted by Crippen LogP contribution is 2.30. The summed E-state index contributed by atoms with van der Waals surface area (Å²) < 4.78 is 45.8. The molecule has 2 heterocycles. The molecule has 11 heteroatoms. The van der Waals surface area contributed by atoms with Crippen LogP contribution in [0.15, 0.2) is 50.5 Å². The third-order valence-electron chi connectivity index (χ3n) is 4.65. The van der Waals surface area contributed by atoms with Crippen molar-refractivity contribution < 1.29 is 27.0 Å². The molecule has 4 rings (SSSR count). The van der Waals surface area contributed by atoms with Crippen molar-refractivity contribution in [3.63, 3.8) is 0 Å². The predicted octanol–water partition coefficient (Wildman–Crippen LogP) is 4.41. The fraction of sp³-hybridized carbons (Fsp3) is 0.250. The molecule has 1 aromatic heterocycles. The van der Waals surface area contributed by atoms with Crippen LogP contribution in [0.5, 0.6) is 0 Å². The van der Waals surface area contributed by atoms with Gasteiger partial charge in [0.1, 0.15) is 17.0 Å². The first-order chi connectivity index (χ1) is 14.5. The summed E-state index contributed by atoms with van der Waals surface area (Å²) in [5.41, 5.74) is -0.347. The lowest BCUT2D eigenvalue weighted by molar-refractivity contribution is 0.0123. The third kappa shape index (κ3) is 4.47. The van der Waals surface area contributed by atoms with Crippen LogP contribution in [0.4, 0.5) is 10.1 Å². The SMILES string of the molecule is CC1(C)CC(S(=O)(=O)Cc2noc3cc(F)c(NC(=O)c4ccc(Br)cc4)cc23)=NO1. The molecule has 0 bridgehead atoms. The zero-order valence-corrected chi connectivity index (χ0v) is 18.9. The number of rotatable bonds is 4. The van der Waals surface area contributed by atoms with Crippen LogP contribution in [0.2, 0.25) is 0 Å². The quantitative estimate of drug-likeness (QED) is 0.557. The fourth-order valence-corrected chi connectivity index (χ4v) is 4.76. The largest absolute Gasteiger partial charge is 0.389 e. The van der Waals surface area contributed by atoms with E-state index in [0.717, 1.165) is 10.5 Å². The molecule has 0 fully saturated rings. The van der Waals surface area contributed by atoms with Gasteiger partial charge in [-0.1, -0.05) is 26.2 Å². The van der Waals surface area contributed by atoms with Gasteiger partial charge in [-0.2, -0.15) is 0 Å². The maximum atomic E-state index is 14.5. The zero-order valence-electron chi connectivity index (χ0n) is 16.5. The van der Waals surface area contributed by atoms with Crippen molar-refractivity contribution in [2.24, 2.45) is 5.16 Å². The minimum Gasteiger partial charge on any atom is -0.389 e. The molecule has 1 N–H and O–H groups in total. The van der Waals surface area contributed by atoms with Crippen molar-refractivity contribution in [3.8, 4) is 0 Å². The molecule has 31 heavy (non-hydrogen) atoms. The molecule has 0 saturated carbocycles. The number of hydrogen-bond acceptors (Lipinski definition) is 7. The van der Waals surface area contributed by atoms with Crippen molar-refractivity contribution in [2.75, 3.05) is 5.32 Å². The van der Waals surface area contributed by atoms with Crippen LogP contribution in [-0.4, -0.2) is 30.1 Å². The minimum atomic E-state index is -3.82. The number of carbonyl (C=O) groups excluding carboxylic acids is 1. The fourth-order valence-electron chi connectivity index (χ4n) is 3.04. The predicted molar refractivity (Wildman–Crippen MR) is 116 cm³/mol. The second-order valence-corrected chi connectivity index (χ2v) is 10.6. The van der Waals surface area contributed by atoms with Crippen LogP contribution < -0.4 is 5.32 Å². The normalized spacial score (nSPS) is 15.5. The number of carbonyl (C=O) groups is 1. The van der Waals surface area contributed by atoms with Crippen molar-refractivity contribution in [1.82, 2.24) is 5.16 Å². The van der Waals surface area contributed by atoms with Gasteiger partial charge < -0.3 is 14.7 Å². The van der Waals surface area contributed by atoms with Gasteiger partial charge in [0, 0.05) is 27.9 Å². The lowest BCUT2D eigenvalue weighted by Gasteiger charge is -2.13. The van der Waals surface area contributed by atoms with E-state index in [2.05, 4.69) is 31.6 Å². The van der Waals surface area contributed by atoms with Gasteiger partial charge in [0.05, 0.1) is 5.69 Å². The van der Waals surface area contributed by atoms with E-state index in [1.165, 1.54) is 6.07 Å². The van der Waals surface area contributed by atoms with E-state index in [1.807, 2.05) is 0 Å². The maximum Gasteiger partial charge on any atom is 0.255 e. The van der Waals surface area contributed by atoms with Gasteiger partial charge in [-0.05, 0) is 44.2 Å². The average Bonchev–Trinajstić information content (AvgIpc) is 3.25. The number of nitrogens with one attached hydrogen (secondary N) is 1. The molecule has 1 aliphatic rings. The lowest BCUT2D eigenvalue weighted by Crippen LogP contribution is -2.23. The Morgan fingerprint density at radius 1 is 1.26 bits per heavy atom. The van der Waals surface area contributed by atoms with Gasteiger partial charge in [0.25, 0.3) is 5.91 Å². The van der Waals surface area contributed by atoms with E-state index in [4.69, 9.17) is 9.36 Å². The van der Waals surface area contributed by atoms with E-state index in [0.29, 0.717) is 5.56 Å². The molecule has 1 aliphatic heterocycles. The Morgan fingerprint density at radius 3 is 2.61 bits per heavy atom. The molecule has 3 aromatic rings. The summed E-state index contributed by atoms with van der Waals surface area (Å²) in [5, 5.41) is 10.1. The van der Waals surface area contributed by atoms with E-state index in [1.54, 1.807) is 38.1 Å². The number of benzene rings is 2. The van der Waals surface area contributed by atoms with E-state index >= 15 is 0 Å². The molecular formula is C20H17BrFN3O5S. The van der Waals surface area contributed by atoms with E-state index < -0.39 is 32.9 Å². The molecular weight excluding hydrogens is 493 g/mol. The Bertz CT molecular complexity index is 1320. The second-order valence-electron chi connectivity index (χ2n) is 7.69. The smallest absolute Gasteiger partial charge is 0.255 e. The third-order valence-corrected chi connectivity index (χ3v) is 6.77. The van der Waals surface area contributed by atoms with Crippen LogP contribution in [0, 0.1) is 5.82 Å². The van der Waals surface area contributed by atoms with Gasteiger partial charge in [-0.3, -0.25) is 4.79 Å². The highest BCUT2D eigenvalue weighted by Gasteiger charge is 2.36. The van der Waals surface area contributed by atoms with Crippen LogP contribution in [-0.2, 0) is 20.4 Å². The van der Waals surface area contributed by atoms with Crippen LogP contribution in [0.1, 0.15) is 36.3 Å². The first-order valence-corrected chi connectivity index (χ1v) is 11.6. The Hall–Kier alpha value is -2.79. The number of hydrogen-bond donors (Lipinski definition) is 1. The molecule has 162 valence electrons. The van der Waals surface area contributed by atoms with Crippen LogP contribution >= 0.6 is 15.9 Å². The van der Waals surface area contributed by atoms with Gasteiger partial charge >= 0.3 is 0 Å². The summed E-state index contributed by atoms with van der Waals surface area (Å²) in [6, 6.07) is 8.90. The Balaban J connectivity index is 1.62. The topological polar surface area (TPSA) is 111 Å². The summed E-state index contributed by atoms with van der Waals surface area (Å²) in [4.78, 5) is 17.6.